The number of nitrogens with one attached hydrogen (secondary N) is 1. The standard InChI is InChI=1S/C26H34N6O4/c1-26(2,3)36-25(33)27-13-17-14-31(15-17)24-29-21(18-8-10-19(34-4)11-9-18)22-23(30-24)32(16-28-22)20-7-5-6-12-35-20/h8-11,16-17,20H,5-7,12-15H2,1-4H3,(H,27,33). The normalized spacial score (nSPS) is 18.7. The van der Waals surface area contributed by atoms with Gasteiger partial charge in [-0.2, -0.15) is 4.98 Å². The van der Waals surface area contributed by atoms with Gasteiger partial charge >= 0.3 is 6.09 Å². The van der Waals surface area contributed by atoms with Crippen molar-refractivity contribution < 1.29 is 19.0 Å². The maximum Gasteiger partial charge on any atom is 0.407 e. The molecule has 4 heterocycles. The van der Waals surface area contributed by atoms with Crippen LogP contribution in [0.25, 0.3) is 22.4 Å². The Morgan fingerprint density at radius 2 is 1.94 bits per heavy atom. The first-order chi connectivity index (χ1) is 17.3. The number of benzene rings is 1. The fourth-order valence-electron chi connectivity index (χ4n) is 4.55. The van der Waals surface area contributed by atoms with Crippen LogP contribution in [0.2, 0.25) is 0 Å². The first-order valence-electron chi connectivity index (χ1n) is 12.5. The van der Waals surface area contributed by atoms with Crippen LogP contribution in [0.15, 0.2) is 30.6 Å². The molecular weight excluding hydrogens is 460 g/mol. The molecule has 2 saturated heterocycles. The van der Waals surface area contributed by atoms with Gasteiger partial charge in [-0.25, -0.2) is 14.8 Å². The van der Waals surface area contributed by atoms with Gasteiger partial charge in [-0.3, -0.25) is 4.57 Å². The van der Waals surface area contributed by atoms with Gasteiger partial charge in [-0.15, -0.1) is 0 Å². The van der Waals surface area contributed by atoms with E-state index in [1.54, 1.807) is 7.11 Å². The van der Waals surface area contributed by atoms with Crippen LogP contribution in [0.4, 0.5) is 10.7 Å². The number of anilines is 1. The molecule has 2 aliphatic rings. The summed E-state index contributed by atoms with van der Waals surface area (Å²) in [5.41, 5.74) is 2.74. The Kier molecular flexibility index (Phi) is 6.70. The number of alkyl carbamates (subject to hydrolysis) is 1. The molecule has 1 aromatic carbocycles. The van der Waals surface area contributed by atoms with Gasteiger partial charge in [0.15, 0.2) is 5.65 Å². The third-order valence-corrected chi connectivity index (χ3v) is 6.41. The molecule has 1 atom stereocenters. The Morgan fingerprint density at radius 3 is 2.61 bits per heavy atom. The second-order valence-electron chi connectivity index (χ2n) is 10.4. The summed E-state index contributed by atoms with van der Waals surface area (Å²) in [6.07, 6.45) is 4.48. The summed E-state index contributed by atoms with van der Waals surface area (Å²) in [6, 6.07) is 7.83. The number of rotatable bonds is 6. The van der Waals surface area contributed by atoms with Crippen LogP contribution >= 0.6 is 0 Å². The summed E-state index contributed by atoms with van der Waals surface area (Å²) in [5.74, 6) is 1.74. The number of amides is 1. The summed E-state index contributed by atoms with van der Waals surface area (Å²) < 4.78 is 18.7. The van der Waals surface area contributed by atoms with E-state index in [0.717, 1.165) is 67.1 Å². The SMILES string of the molecule is COc1ccc(-c2nc(N3CC(CNC(=O)OC(C)(C)C)C3)nc3c2ncn3C2CCCCO2)cc1. The van der Waals surface area contributed by atoms with Crippen LogP contribution in [0, 0.1) is 5.92 Å². The van der Waals surface area contributed by atoms with E-state index in [1.165, 1.54) is 0 Å². The Morgan fingerprint density at radius 1 is 1.17 bits per heavy atom. The van der Waals surface area contributed by atoms with Crippen molar-refractivity contribution in [1.82, 2.24) is 24.8 Å². The summed E-state index contributed by atoms with van der Waals surface area (Å²) in [6.45, 7) is 8.35. The highest BCUT2D eigenvalue weighted by Gasteiger charge is 2.31. The van der Waals surface area contributed by atoms with E-state index in [0.29, 0.717) is 18.4 Å². The predicted octanol–water partition coefficient (Wildman–Crippen LogP) is 4.16. The van der Waals surface area contributed by atoms with Crippen LogP contribution in [0.3, 0.4) is 0 Å². The van der Waals surface area contributed by atoms with Crippen molar-refractivity contribution in [2.75, 3.05) is 38.3 Å². The van der Waals surface area contributed by atoms with Crippen LogP contribution in [0.5, 0.6) is 5.75 Å². The van der Waals surface area contributed by atoms with Crippen LogP contribution in [0.1, 0.15) is 46.3 Å². The molecule has 1 N–H and O–H groups in total. The number of aromatic nitrogens is 4. The van der Waals surface area contributed by atoms with Crippen molar-refractivity contribution >= 4 is 23.2 Å². The molecular formula is C26H34N6O4. The van der Waals surface area contributed by atoms with Gasteiger partial charge in [0.25, 0.3) is 0 Å². The first-order valence-corrected chi connectivity index (χ1v) is 12.5. The Hall–Kier alpha value is -3.40. The quantitative estimate of drug-likeness (QED) is 0.545. The second-order valence-corrected chi connectivity index (χ2v) is 10.4. The number of ether oxygens (including phenoxy) is 3. The molecule has 2 fully saturated rings. The Balaban J connectivity index is 1.39. The minimum Gasteiger partial charge on any atom is -0.497 e. The number of imidazole rings is 1. The second kappa shape index (κ2) is 9.93. The lowest BCUT2D eigenvalue weighted by atomic mass is 10.0. The largest absolute Gasteiger partial charge is 0.497 e. The van der Waals surface area contributed by atoms with E-state index >= 15 is 0 Å². The van der Waals surface area contributed by atoms with E-state index in [4.69, 9.17) is 29.2 Å². The fraction of sp³-hybridized carbons (Fsp3) is 0.538. The molecule has 1 unspecified atom stereocenters. The number of carbonyl (C=O) groups excluding carboxylic acids is 1. The van der Waals surface area contributed by atoms with E-state index in [-0.39, 0.29) is 6.23 Å². The maximum atomic E-state index is 12.0. The van der Waals surface area contributed by atoms with E-state index in [9.17, 15) is 4.79 Å². The minimum atomic E-state index is -0.512. The molecule has 0 spiro atoms. The van der Waals surface area contributed by atoms with Gasteiger partial charge in [-0.05, 0) is 64.3 Å². The molecule has 2 aliphatic heterocycles. The number of methoxy groups -OCH3 is 1. The number of hydrogen-bond donors (Lipinski definition) is 1. The van der Waals surface area contributed by atoms with Crippen molar-refractivity contribution in [2.45, 2.75) is 51.9 Å². The molecule has 2 aromatic heterocycles. The fourth-order valence-corrected chi connectivity index (χ4v) is 4.55. The van der Waals surface area contributed by atoms with Crippen molar-refractivity contribution in [3.8, 4) is 17.0 Å². The van der Waals surface area contributed by atoms with Crippen molar-refractivity contribution in [3.05, 3.63) is 30.6 Å². The molecule has 10 nitrogen and oxygen atoms in total. The number of nitrogens with zero attached hydrogens (tertiary/aromatic N) is 5. The molecule has 10 heteroatoms. The van der Waals surface area contributed by atoms with E-state index < -0.39 is 11.7 Å². The molecule has 0 aliphatic carbocycles. The van der Waals surface area contributed by atoms with Gasteiger partial charge in [0, 0.05) is 37.7 Å². The highest BCUT2D eigenvalue weighted by Crippen LogP contribution is 2.33. The van der Waals surface area contributed by atoms with Crippen LogP contribution in [-0.4, -0.2) is 64.6 Å². The number of fused-ring (bicyclic) bond motifs is 1. The lowest BCUT2D eigenvalue weighted by molar-refractivity contribution is -0.0298. The van der Waals surface area contributed by atoms with Crippen molar-refractivity contribution in [2.24, 2.45) is 5.92 Å². The minimum absolute atomic E-state index is 0.0719. The topological polar surface area (TPSA) is 104 Å². The number of hydrogen-bond acceptors (Lipinski definition) is 8. The third kappa shape index (κ3) is 5.23. The van der Waals surface area contributed by atoms with Gasteiger partial charge in [-0.1, -0.05) is 0 Å². The maximum absolute atomic E-state index is 12.0. The third-order valence-electron chi connectivity index (χ3n) is 6.41. The zero-order chi connectivity index (χ0) is 25.3. The lowest BCUT2D eigenvalue weighted by Crippen LogP contribution is -2.52. The average Bonchev–Trinajstić information content (AvgIpc) is 3.26. The van der Waals surface area contributed by atoms with E-state index in [1.807, 2.05) is 55.9 Å². The monoisotopic (exact) mass is 494 g/mol. The molecule has 1 amide bonds. The Bertz CT molecular complexity index is 1210. The van der Waals surface area contributed by atoms with Crippen LogP contribution < -0.4 is 15.0 Å². The molecule has 36 heavy (non-hydrogen) atoms. The molecule has 0 bridgehead atoms. The highest BCUT2D eigenvalue weighted by molar-refractivity contribution is 5.88. The Labute approximate surface area is 211 Å². The van der Waals surface area contributed by atoms with Gasteiger partial charge in [0.2, 0.25) is 5.95 Å². The number of carbonyl (C=O) groups is 1. The predicted molar refractivity (Wildman–Crippen MR) is 136 cm³/mol. The molecule has 0 saturated carbocycles. The molecule has 5 rings (SSSR count). The summed E-state index contributed by atoms with van der Waals surface area (Å²) >= 11 is 0. The van der Waals surface area contributed by atoms with Crippen molar-refractivity contribution in [3.63, 3.8) is 0 Å². The zero-order valence-corrected chi connectivity index (χ0v) is 21.4. The molecule has 192 valence electrons. The summed E-state index contributed by atoms with van der Waals surface area (Å²) in [5, 5.41) is 2.87. The van der Waals surface area contributed by atoms with E-state index in [2.05, 4.69) is 10.2 Å². The lowest BCUT2D eigenvalue weighted by Gasteiger charge is -2.39. The highest BCUT2D eigenvalue weighted by atomic mass is 16.6. The summed E-state index contributed by atoms with van der Waals surface area (Å²) in [4.78, 5) is 28.7. The smallest absolute Gasteiger partial charge is 0.407 e. The van der Waals surface area contributed by atoms with Gasteiger partial charge in [0.05, 0.1) is 13.4 Å². The molecule has 3 aromatic rings. The average molecular weight is 495 g/mol. The summed E-state index contributed by atoms with van der Waals surface area (Å²) in [7, 11) is 1.65. The van der Waals surface area contributed by atoms with Gasteiger partial charge in [0.1, 0.15) is 28.8 Å². The van der Waals surface area contributed by atoms with Crippen molar-refractivity contribution in [1.29, 1.82) is 0 Å². The molecule has 0 radical (unpaired) electrons. The zero-order valence-electron chi connectivity index (χ0n) is 21.4. The van der Waals surface area contributed by atoms with Gasteiger partial charge < -0.3 is 24.4 Å². The first kappa shape index (κ1) is 24.3. The van der Waals surface area contributed by atoms with Crippen LogP contribution in [-0.2, 0) is 9.47 Å².